The van der Waals surface area contributed by atoms with Gasteiger partial charge in [-0.2, -0.15) is 0 Å². The van der Waals surface area contributed by atoms with Gasteiger partial charge in [-0.05, 0) is 43.0 Å². The number of pyridine rings is 2. The predicted molar refractivity (Wildman–Crippen MR) is 78.7 cm³/mol. The molecule has 21 heavy (non-hydrogen) atoms. The summed E-state index contributed by atoms with van der Waals surface area (Å²) < 4.78 is 0. The third kappa shape index (κ3) is 2.27. The Kier molecular flexibility index (Phi) is 3.37. The monoisotopic (exact) mass is 280 g/mol. The fraction of sp³-hybridized carbons (Fsp3) is 0.294. The lowest BCUT2D eigenvalue weighted by Crippen LogP contribution is -2.24. The van der Waals surface area contributed by atoms with Crippen LogP contribution >= 0.6 is 0 Å². The summed E-state index contributed by atoms with van der Waals surface area (Å²) in [7, 11) is 0. The Labute approximate surface area is 123 Å². The molecule has 0 unspecified atom stereocenters. The molecule has 1 aliphatic rings. The summed E-state index contributed by atoms with van der Waals surface area (Å²) in [5, 5.41) is 0. The molecule has 0 fully saturated rings. The Balaban J connectivity index is 2.10. The van der Waals surface area contributed by atoms with E-state index in [2.05, 4.69) is 16.9 Å². The first-order valence-electron chi connectivity index (χ1n) is 7.16. The molecule has 0 aromatic carbocycles. The van der Waals surface area contributed by atoms with Gasteiger partial charge in [0.25, 0.3) is 0 Å². The number of aryl methyl sites for hydroxylation is 2. The minimum atomic E-state index is -0.262. The van der Waals surface area contributed by atoms with Crippen molar-refractivity contribution in [1.82, 2.24) is 9.97 Å². The minimum Gasteiger partial charge on any atom is -0.288 e. The number of ketones is 2. The molecule has 2 aromatic heterocycles. The van der Waals surface area contributed by atoms with Gasteiger partial charge in [0, 0.05) is 12.4 Å². The van der Waals surface area contributed by atoms with E-state index in [9.17, 15) is 9.59 Å². The molecule has 0 aliphatic heterocycles. The van der Waals surface area contributed by atoms with E-state index in [-0.39, 0.29) is 23.0 Å². The average molecular weight is 280 g/mol. The van der Waals surface area contributed by atoms with Crippen molar-refractivity contribution >= 4 is 11.6 Å². The Bertz CT molecular complexity index is 750. The summed E-state index contributed by atoms with van der Waals surface area (Å²) in [6, 6.07) is 3.54. The highest BCUT2D eigenvalue weighted by Crippen LogP contribution is 2.26. The van der Waals surface area contributed by atoms with Crippen molar-refractivity contribution in [3.05, 3.63) is 58.2 Å². The third-order valence-corrected chi connectivity index (χ3v) is 3.71. The van der Waals surface area contributed by atoms with Crippen LogP contribution in [-0.4, -0.2) is 21.5 Å². The van der Waals surface area contributed by atoms with Crippen LogP contribution in [0.15, 0.2) is 24.5 Å². The van der Waals surface area contributed by atoms with E-state index >= 15 is 0 Å². The maximum atomic E-state index is 12.6. The third-order valence-electron chi connectivity index (χ3n) is 3.71. The molecule has 3 rings (SSSR count). The molecule has 0 bridgehead atoms. The fourth-order valence-electron chi connectivity index (χ4n) is 2.56. The van der Waals surface area contributed by atoms with Crippen molar-refractivity contribution in [3.63, 3.8) is 0 Å². The minimum absolute atomic E-state index is 0.151. The summed E-state index contributed by atoms with van der Waals surface area (Å²) in [5.74, 6) is -0.414. The van der Waals surface area contributed by atoms with Crippen LogP contribution in [0.5, 0.6) is 0 Å². The topological polar surface area (TPSA) is 59.9 Å². The Morgan fingerprint density at radius 3 is 2.33 bits per heavy atom. The number of unbranched alkanes of at least 4 members (excludes halogenated alkanes) is 1. The standard InChI is InChI=1S/C17H16N2O2/c1-3-4-5-11-7-13-15(19-9-11)17(21)14-12(16(13)20)6-10(2)8-18-14/h6-9H,3-5H2,1-2H3. The molecule has 0 saturated heterocycles. The van der Waals surface area contributed by atoms with Crippen molar-refractivity contribution in [2.45, 2.75) is 33.1 Å². The quantitative estimate of drug-likeness (QED) is 0.740. The number of hydrogen-bond donors (Lipinski definition) is 0. The van der Waals surface area contributed by atoms with Gasteiger partial charge < -0.3 is 0 Å². The second-order valence-electron chi connectivity index (χ2n) is 5.41. The van der Waals surface area contributed by atoms with Crippen LogP contribution in [0, 0.1) is 6.92 Å². The van der Waals surface area contributed by atoms with Gasteiger partial charge in [0.15, 0.2) is 5.78 Å². The van der Waals surface area contributed by atoms with Crippen LogP contribution in [0.3, 0.4) is 0 Å². The van der Waals surface area contributed by atoms with E-state index in [1.54, 1.807) is 18.5 Å². The zero-order valence-electron chi connectivity index (χ0n) is 12.1. The van der Waals surface area contributed by atoms with E-state index in [0.717, 1.165) is 30.4 Å². The molecule has 4 nitrogen and oxygen atoms in total. The first kappa shape index (κ1) is 13.6. The highest BCUT2D eigenvalue weighted by molar-refractivity contribution is 6.26. The molecule has 1 aliphatic carbocycles. The summed E-state index contributed by atoms with van der Waals surface area (Å²) in [4.78, 5) is 33.3. The van der Waals surface area contributed by atoms with Gasteiger partial charge in [-0.15, -0.1) is 0 Å². The van der Waals surface area contributed by atoms with Crippen molar-refractivity contribution < 1.29 is 9.59 Å². The van der Waals surface area contributed by atoms with E-state index in [4.69, 9.17) is 0 Å². The van der Waals surface area contributed by atoms with E-state index in [1.165, 1.54) is 0 Å². The van der Waals surface area contributed by atoms with E-state index in [0.29, 0.717) is 11.1 Å². The van der Waals surface area contributed by atoms with Crippen molar-refractivity contribution in [2.24, 2.45) is 0 Å². The molecular formula is C17H16N2O2. The smallest absolute Gasteiger partial charge is 0.231 e. The number of aromatic nitrogens is 2. The maximum absolute atomic E-state index is 12.6. The first-order valence-corrected chi connectivity index (χ1v) is 7.16. The molecule has 2 heterocycles. The van der Waals surface area contributed by atoms with Crippen LogP contribution in [0.4, 0.5) is 0 Å². The summed E-state index contributed by atoms with van der Waals surface area (Å²) in [6.07, 6.45) is 6.29. The van der Waals surface area contributed by atoms with Gasteiger partial charge in [-0.1, -0.05) is 13.3 Å². The molecular weight excluding hydrogens is 264 g/mol. The van der Waals surface area contributed by atoms with Crippen molar-refractivity contribution in [3.8, 4) is 0 Å². The molecule has 2 aromatic rings. The first-order chi connectivity index (χ1) is 10.1. The molecule has 0 N–H and O–H groups in total. The SMILES string of the molecule is CCCCc1cnc2c(c1)C(=O)c1cc(C)cnc1C2=O. The van der Waals surface area contributed by atoms with Gasteiger partial charge in [0.05, 0.1) is 11.1 Å². The molecule has 0 saturated carbocycles. The molecule has 4 heteroatoms. The molecule has 0 radical (unpaired) electrons. The summed E-state index contributed by atoms with van der Waals surface area (Å²) in [5.41, 5.74) is 3.11. The van der Waals surface area contributed by atoms with Gasteiger partial charge in [-0.3, -0.25) is 19.6 Å². The van der Waals surface area contributed by atoms with Gasteiger partial charge in [0.1, 0.15) is 11.4 Å². The lowest BCUT2D eigenvalue weighted by Gasteiger charge is -2.16. The van der Waals surface area contributed by atoms with E-state index in [1.807, 2.05) is 13.0 Å². The van der Waals surface area contributed by atoms with Gasteiger partial charge >= 0.3 is 0 Å². The number of carbonyl (C=O) groups is 2. The summed E-state index contributed by atoms with van der Waals surface area (Å²) >= 11 is 0. The average Bonchev–Trinajstić information content (AvgIpc) is 2.50. The second kappa shape index (κ2) is 5.20. The largest absolute Gasteiger partial charge is 0.288 e. The highest BCUT2D eigenvalue weighted by Gasteiger charge is 2.32. The lowest BCUT2D eigenvalue weighted by molar-refractivity contribution is 0.0971. The van der Waals surface area contributed by atoms with Crippen molar-refractivity contribution in [2.75, 3.05) is 0 Å². The number of nitrogens with zero attached hydrogens (tertiary/aromatic N) is 2. The fourth-order valence-corrected chi connectivity index (χ4v) is 2.56. The van der Waals surface area contributed by atoms with Gasteiger partial charge in [0.2, 0.25) is 5.78 Å². The number of rotatable bonds is 3. The molecule has 0 atom stereocenters. The lowest BCUT2D eigenvalue weighted by atomic mass is 9.88. The number of hydrogen-bond acceptors (Lipinski definition) is 4. The normalized spacial score (nSPS) is 13.0. The number of fused-ring (bicyclic) bond motifs is 2. The highest BCUT2D eigenvalue weighted by atomic mass is 16.1. The molecule has 106 valence electrons. The molecule has 0 spiro atoms. The van der Waals surface area contributed by atoms with Crippen molar-refractivity contribution in [1.29, 1.82) is 0 Å². The zero-order valence-corrected chi connectivity index (χ0v) is 12.1. The Morgan fingerprint density at radius 2 is 1.62 bits per heavy atom. The number of carbonyl (C=O) groups excluding carboxylic acids is 2. The van der Waals surface area contributed by atoms with Crippen LogP contribution in [0.25, 0.3) is 0 Å². The second-order valence-corrected chi connectivity index (χ2v) is 5.41. The van der Waals surface area contributed by atoms with Crippen LogP contribution in [0.2, 0.25) is 0 Å². The van der Waals surface area contributed by atoms with Crippen LogP contribution in [0.1, 0.15) is 63.0 Å². The van der Waals surface area contributed by atoms with Gasteiger partial charge in [-0.25, -0.2) is 0 Å². The Hall–Kier alpha value is -2.36. The summed E-state index contributed by atoms with van der Waals surface area (Å²) in [6.45, 7) is 3.97. The zero-order chi connectivity index (χ0) is 15.0. The predicted octanol–water partition coefficient (Wildman–Crippen LogP) is 2.90. The van der Waals surface area contributed by atoms with Crippen LogP contribution in [-0.2, 0) is 6.42 Å². The van der Waals surface area contributed by atoms with Crippen LogP contribution < -0.4 is 0 Å². The van der Waals surface area contributed by atoms with E-state index < -0.39 is 0 Å². The molecule has 0 amide bonds. The maximum Gasteiger partial charge on any atom is 0.231 e. The Morgan fingerprint density at radius 1 is 0.952 bits per heavy atom.